The average Bonchev–Trinajstić information content (AvgIpc) is 1.64. The molecule has 0 aromatic heterocycles. The fraction of sp³-hybridized carbons (Fsp3) is 0.250. The molecule has 3 N–H and O–H groups in total. The molecule has 0 fully saturated rings. The van der Waals surface area contributed by atoms with E-state index in [2.05, 4.69) is 7.05 Å². The molecule has 0 rings (SSSR count). The molecule has 0 heterocycles. The van der Waals surface area contributed by atoms with Gasteiger partial charge in [-0.05, 0) is 0 Å². The highest BCUT2D eigenvalue weighted by atomic mass is 16.4. The fourth-order valence-corrected chi connectivity index (χ4v) is 0.280. The zero-order valence-corrected chi connectivity index (χ0v) is 4.50. The summed E-state index contributed by atoms with van der Waals surface area (Å²) in [5.74, 6) is -2.89. The average molecular weight is 132 g/mol. The van der Waals surface area contributed by atoms with Crippen LogP contribution in [0.5, 0.6) is 0 Å². The Bertz CT molecular complexity index is 119. The van der Waals surface area contributed by atoms with Crippen molar-refractivity contribution < 1.29 is 19.8 Å². The Balaban J connectivity index is 3.99. The van der Waals surface area contributed by atoms with E-state index in [-0.39, 0.29) is 0 Å². The summed E-state index contributed by atoms with van der Waals surface area (Å²) < 4.78 is 0. The van der Waals surface area contributed by atoms with Crippen molar-refractivity contribution in [3.05, 3.63) is 7.05 Å². The molecule has 0 atom stereocenters. The first-order valence-electron chi connectivity index (χ1n) is 2.08. The topological polar surface area (TPSA) is 86.6 Å². The van der Waals surface area contributed by atoms with Gasteiger partial charge < -0.3 is 10.2 Å². The Morgan fingerprint density at radius 3 is 1.67 bits per heavy atom. The summed E-state index contributed by atoms with van der Waals surface area (Å²) in [7, 11) is 2.92. The molecule has 5 nitrogen and oxygen atoms in total. The molecule has 0 unspecified atom stereocenters. The predicted octanol–water partition coefficient (Wildman–Crippen LogP) is -1.09. The number of carbonyl (C=O) groups is 2. The molecular formula is C4H6NO4. The number of nitrogens with one attached hydrogen (secondary N) is 1. The van der Waals surface area contributed by atoms with E-state index in [0.717, 1.165) is 0 Å². The van der Waals surface area contributed by atoms with Crippen LogP contribution in [0.2, 0.25) is 0 Å². The highest BCUT2D eigenvalue weighted by Crippen LogP contribution is 1.80. The van der Waals surface area contributed by atoms with Gasteiger partial charge in [0, 0.05) is 7.05 Å². The van der Waals surface area contributed by atoms with E-state index in [4.69, 9.17) is 10.2 Å². The molecule has 0 aromatic carbocycles. The third-order valence-electron chi connectivity index (χ3n) is 0.698. The lowest BCUT2D eigenvalue weighted by Crippen LogP contribution is -2.39. The van der Waals surface area contributed by atoms with Crippen molar-refractivity contribution in [2.75, 3.05) is 0 Å². The van der Waals surface area contributed by atoms with Gasteiger partial charge in [0.25, 0.3) is 0 Å². The van der Waals surface area contributed by atoms with Crippen molar-refractivity contribution in [3.63, 3.8) is 0 Å². The molecule has 0 bridgehead atoms. The summed E-state index contributed by atoms with van der Waals surface area (Å²) >= 11 is 0. The van der Waals surface area contributed by atoms with Crippen molar-refractivity contribution in [1.82, 2.24) is 5.32 Å². The summed E-state index contributed by atoms with van der Waals surface area (Å²) in [5.41, 5.74) is 0. The molecule has 51 valence electrons. The second-order valence-corrected chi connectivity index (χ2v) is 1.31. The summed E-state index contributed by atoms with van der Waals surface area (Å²) in [6.45, 7) is 0. The summed E-state index contributed by atoms with van der Waals surface area (Å²) in [6, 6.07) is -1.61. The molecule has 9 heavy (non-hydrogen) atoms. The molecule has 0 amide bonds. The minimum absolute atomic E-state index is 1.45. The van der Waals surface area contributed by atoms with Gasteiger partial charge in [-0.1, -0.05) is 0 Å². The molecule has 5 heteroatoms. The molecule has 0 spiro atoms. The molecule has 0 aliphatic heterocycles. The van der Waals surface area contributed by atoms with Crippen molar-refractivity contribution in [1.29, 1.82) is 0 Å². The van der Waals surface area contributed by atoms with Crippen LogP contribution < -0.4 is 5.32 Å². The predicted molar refractivity (Wildman–Crippen MR) is 27.6 cm³/mol. The third kappa shape index (κ3) is 2.09. The van der Waals surface area contributed by atoms with Crippen LogP contribution in [0.4, 0.5) is 0 Å². The van der Waals surface area contributed by atoms with E-state index in [1.54, 1.807) is 0 Å². The lowest BCUT2D eigenvalue weighted by atomic mass is 10.3. The zero-order valence-electron chi connectivity index (χ0n) is 4.50. The fourth-order valence-electron chi connectivity index (χ4n) is 0.280. The molecular weight excluding hydrogens is 126 g/mol. The molecule has 0 aromatic rings. The van der Waals surface area contributed by atoms with E-state index in [9.17, 15) is 9.59 Å². The second kappa shape index (κ2) is 3.03. The second-order valence-electron chi connectivity index (χ2n) is 1.31. The zero-order chi connectivity index (χ0) is 7.44. The number of hydrogen-bond donors (Lipinski definition) is 3. The lowest BCUT2D eigenvalue weighted by molar-refractivity contribution is -0.150. The van der Waals surface area contributed by atoms with Gasteiger partial charge >= 0.3 is 11.9 Å². The SMILES string of the molecule is [CH2]NC(C(=O)O)C(=O)O. The van der Waals surface area contributed by atoms with Crippen LogP contribution in [-0.4, -0.2) is 28.2 Å². The molecule has 1 radical (unpaired) electrons. The van der Waals surface area contributed by atoms with E-state index in [0.29, 0.717) is 0 Å². The third-order valence-corrected chi connectivity index (χ3v) is 0.698. The van der Waals surface area contributed by atoms with Crippen molar-refractivity contribution >= 4 is 11.9 Å². The van der Waals surface area contributed by atoms with Crippen LogP contribution in [0.3, 0.4) is 0 Å². The Hall–Kier alpha value is -1.10. The van der Waals surface area contributed by atoms with E-state index in [1.165, 1.54) is 0 Å². The maximum Gasteiger partial charge on any atom is 0.332 e. The van der Waals surface area contributed by atoms with Crippen molar-refractivity contribution in [3.8, 4) is 0 Å². The number of hydrogen-bond acceptors (Lipinski definition) is 3. The van der Waals surface area contributed by atoms with Gasteiger partial charge in [-0.2, -0.15) is 0 Å². The van der Waals surface area contributed by atoms with Gasteiger partial charge in [-0.15, -0.1) is 0 Å². The Kier molecular flexibility index (Phi) is 2.66. The standard InChI is InChI=1S/C4H6NO4/c1-5-2(3(6)7)4(8)9/h2,5H,1H2,(H,6,7)(H,8,9). The van der Waals surface area contributed by atoms with Crippen LogP contribution in [0.15, 0.2) is 0 Å². The van der Waals surface area contributed by atoms with Crippen molar-refractivity contribution in [2.24, 2.45) is 0 Å². The summed E-state index contributed by atoms with van der Waals surface area (Å²) in [4.78, 5) is 19.8. The largest absolute Gasteiger partial charge is 0.480 e. The van der Waals surface area contributed by atoms with Crippen LogP contribution in [-0.2, 0) is 9.59 Å². The van der Waals surface area contributed by atoms with Gasteiger partial charge in [0.05, 0.1) is 0 Å². The number of aliphatic carboxylic acids is 2. The Morgan fingerprint density at radius 2 is 1.67 bits per heavy atom. The number of carboxylic acids is 2. The van der Waals surface area contributed by atoms with Crippen molar-refractivity contribution in [2.45, 2.75) is 6.04 Å². The maximum absolute atomic E-state index is 9.89. The van der Waals surface area contributed by atoms with Crippen LogP contribution in [0.1, 0.15) is 0 Å². The maximum atomic E-state index is 9.89. The smallest absolute Gasteiger partial charge is 0.332 e. The van der Waals surface area contributed by atoms with E-state index >= 15 is 0 Å². The molecule has 0 saturated heterocycles. The Morgan fingerprint density at radius 1 is 1.33 bits per heavy atom. The quantitative estimate of drug-likeness (QED) is 0.424. The highest BCUT2D eigenvalue weighted by molar-refractivity contribution is 5.97. The monoisotopic (exact) mass is 132 g/mol. The van der Waals surface area contributed by atoms with E-state index in [1.807, 2.05) is 5.32 Å². The first-order chi connectivity index (χ1) is 4.09. The van der Waals surface area contributed by atoms with E-state index < -0.39 is 18.0 Å². The summed E-state index contributed by atoms with van der Waals surface area (Å²) in [6.07, 6.45) is 0. The van der Waals surface area contributed by atoms with Gasteiger partial charge in [-0.25, -0.2) is 9.59 Å². The first-order valence-corrected chi connectivity index (χ1v) is 2.08. The lowest BCUT2D eigenvalue weighted by Gasteiger charge is -2.02. The number of rotatable bonds is 3. The molecule has 0 aliphatic rings. The number of carboxylic acid groups (broad SMARTS) is 2. The normalized spacial score (nSPS) is 9.56. The highest BCUT2D eigenvalue weighted by Gasteiger charge is 2.22. The molecule has 0 aliphatic carbocycles. The summed E-state index contributed by atoms with van der Waals surface area (Å²) in [5, 5.41) is 18.0. The minimum Gasteiger partial charge on any atom is -0.480 e. The minimum atomic E-state index is -1.61. The van der Waals surface area contributed by atoms with Gasteiger partial charge in [0.15, 0.2) is 0 Å². The van der Waals surface area contributed by atoms with Crippen LogP contribution in [0.25, 0.3) is 0 Å². The van der Waals surface area contributed by atoms with Gasteiger partial charge in [-0.3, -0.25) is 5.32 Å². The van der Waals surface area contributed by atoms with Crippen LogP contribution in [0, 0.1) is 7.05 Å². The molecule has 0 saturated carbocycles. The van der Waals surface area contributed by atoms with Gasteiger partial charge in [0.2, 0.25) is 6.04 Å². The van der Waals surface area contributed by atoms with Crippen LogP contribution >= 0.6 is 0 Å². The Labute approximate surface area is 51.3 Å². The van der Waals surface area contributed by atoms with Gasteiger partial charge in [0.1, 0.15) is 0 Å². The first kappa shape index (κ1) is 7.90.